The van der Waals surface area contributed by atoms with Gasteiger partial charge in [-0.05, 0) is 37.3 Å². The largest absolute Gasteiger partial charge is 0.386 e. The van der Waals surface area contributed by atoms with Gasteiger partial charge in [0.15, 0.2) is 0 Å². The van der Waals surface area contributed by atoms with E-state index < -0.39 is 0 Å². The van der Waals surface area contributed by atoms with Crippen LogP contribution >= 0.6 is 0 Å². The second-order valence-electron chi connectivity index (χ2n) is 4.75. The molecule has 2 nitrogen and oxygen atoms in total. The zero-order valence-corrected chi connectivity index (χ0v) is 9.24. The van der Waals surface area contributed by atoms with Crippen LogP contribution in [-0.4, -0.2) is 19.6 Å². The lowest BCUT2D eigenvalue weighted by Crippen LogP contribution is -2.32. The van der Waals surface area contributed by atoms with Gasteiger partial charge in [-0.2, -0.15) is 0 Å². The van der Waals surface area contributed by atoms with Crippen LogP contribution < -0.4 is 10.2 Å². The van der Waals surface area contributed by atoms with Gasteiger partial charge in [-0.25, -0.2) is 0 Å². The van der Waals surface area contributed by atoms with Crippen molar-refractivity contribution in [2.75, 3.05) is 23.8 Å². The number of para-hydroxylation sites is 2. The van der Waals surface area contributed by atoms with Gasteiger partial charge in [-0.3, -0.25) is 0 Å². The smallest absolute Gasteiger partial charge is 0.0604 e. The number of hydrogen-bond acceptors (Lipinski definition) is 2. The van der Waals surface area contributed by atoms with Crippen molar-refractivity contribution in [1.29, 1.82) is 0 Å². The topological polar surface area (TPSA) is 15.3 Å². The molecule has 1 saturated carbocycles. The van der Waals surface area contributed by atoms with E-state index in [1.165, 1.54) is 37.2 Å². The van der Waals surface area contributed by atoms with E-state index >= 15 is 0 Å². The molecular formula is C13H18N2. The number of benzene rings is 1. The minimum atomic E-state index is 0.810. The van der Waals surface area contributed by atoms with E-state index in [4.69, 9.17) is 0 Å². The fourth-order valence-corrected chi connectivity index (χ4v) is 3.16. The van der Waals surface area contributed by atoms with Gasteiger partial charge in [0.1, 0.15) is 0 Å². The number of nitrogens with one attached hydrogen (secondary N) is 1. The third kappa shape index (κ3) is 1.39. The van der Waals surface area contributed by atoms with E-state index in [1.807, 2.05) is 7.05 Å². The Morgan fingerprint density at radius 3 is 2.80 bits per heavy atom. The first-order valence-corrected chi connectivity index (χ1v) is 5.92. The van der Waals surface area contributed by atoms with E-state index in [-0.39, 0.29) is 0 Å². The fourth-order valence-electron chi connectivity index (χ4n) is 3.16. The second kappa shape index (κ2) is 3.44. The van der Waals surface area contributed by atoms with Gasteiger partial charge in [0, 0.05) is 19.6 Å². The number of fused-ring (bicyclic) bond motifs is 2. The van der Waals surface area contributed by atoms with E-state index in [0.717, 1.165) is 12.0 Å². The van der Waals surface area contributed by atoms with Crippen molar-refractivity contribution in [1.82, 2.24) is 0 Å². The molecular weight excluding hydrogens is 184 g/mol. The van der Waals surface area contributed by atoms with E-state index in [9.17, 15) is 0 Å². The second-order valence-corrected chi connectivity index (χ2v) is 4.75. The average Bonchev–Trinajstić information content (AvgIpc) is 2.90. The van der Waals surface area contributed by atoms with Crippen LogP contribution in [0.3, 0.4) is 0 Å². The Labute approximate surface area is 91.3 Å². The number of anilines is 2. The first kappa shape index (κ1) is 9.08. The van der Waals surface area contributed by atoms with Gasteiger partial charge in [-0.15, -0.1) is 0 Å². The Morgan fingerprint density at radius 2 is 2.13 bits per heavy atom. The summed E-state index contributed by atoms with van der Waals surface area (Å²) in [5.74, 6) is 0.958. The predicted octanol–water partition coefficient (Wildman–Crippen LogP) is 2.72. The Balaban J connectivity index is 1.92. The van der Waals surface area contributed by atoms with Crippen LogP contribution in [-0.2, 0) is 0 Å². The standard InChI is InChI=1S/C13H18N2/c1-14-12-4-2-3-5-13(12)15-9-10-6-7-11(15)8-10/h2-5,10-11,14H,6-9H2,1H3. The molecule has 1 saturated heterocycles. The van der Waals surface area contributed by atoms with Crippen molar-refractivity contribution in [3.05, 3.63) is 24.3 Å². The minimum absolute atomic E-state index is 0.810. The molecule has 0 aromatic heterocycles. The van der Waals surface area contributed by atoms with E-state index in [0.29, 0.717) is 0 Å². The molecule has 1 aliphatic carbocycles. The molecule has 1 aromatic carbocycles. The van der Waals surface area contributed by atoms with Gasteiger partial charge in [0.25, 0.3) is 0 Å². The van der Waals surface area contributed by atoms with Crippen molar-refractivity contribution in [2.24, 2.45) is 5.92 Å². The maximum absolute atomic E-state index is 3.29. The van der Waals surface area contributed by atoms with E-state index in [2.05, 4.69) is 34.5 Å². The van der Waals surface area contributed by atoms with Crippen LogP contribution in [0.15, 0.2) is 24.3 Å². The Bertz CT molecular complexity index is 361. The molecule has 1 N–H and O–H groups in total. The molecule has 2 fully saturated rings. The lowest BCUT2D eigenvalue weighted by Gasteiger charge is -2.30. The maximum atomic E-state index is 3.29. The summed E-state index contributed by atoms with van der Waals surface area (Å²) in [4.78, 5) is 2.60. The van der Waals surface area contributed by atoms with Crippen molar-refractivity contribution >= 4 is 11.4 Å². The Kier molecular flexibility index (Phi) is 2.08. The predicted molar refractivity (Wildman–Crippen MR) is 64.5 cm³/mol. The molecule has 0 amide bonds. The molecule has 2 atom stereocenters. The summed E-state index contributed by atoms with van der Waals surface area (Å²) in [7, 11) is 2.01. The number of hydrogen-bond donors (Lipinski definition) is 1. The van der Waals surface area contributed by atoms with Crippen LogP contribution in [0.5, 0.6) is 0 Å². The molecule has 15 heavy (non-hydrogen) atoms. The molecule has 1 aromatic rings. The molecule has 0 radical (unpaired) electrons. The van der Waals surface area contributed by atoms with Gasteiger partial charge >= 0.3 is 0 Å². The molecule has 2 heteroatoms. The number of nitrogens with zero attached hydrogens (tertiary/aromatic N) is 1. The summed E-state index contributed by atoms with van der Waals surface area (Å²) in [6.07, 6.45) is 4.25. The van der Waals surface area contributed by atoms with Gasteiger partial charge in [0.05, 0.1) is 11.4 Å². The highest BCUT2D eigenvalue weighted by Gasteiger charge is 2.38. The quantitative estimate of drug-likeness (QED) is 0.793. The zero-order chi connectivity index (χ0) is 10.3. The minimum Gasteiger partial charge on any atom is -0.386 e. The fraction of sp³-hybridized carbons (Fsp3) is 0.538. The lowest BCUT2D eigenvalue weighted by atomic mass is 10.1. The van der Waals surface area contributed by atoms with Gasteiger partial charge < -0.3 is 10.2 Å². The highest BCUT2D eigenvalue weighted by Crippen LogP contribution is 2.42. The van der Waals surface area contributed by atoms with Crippen LogP contribution in [0.1, 0.15) is 19.3 Å². The van der Waals surface area contributed by atoms with Gasteiger partial charge in [-0.1, -0.05) is 12.1 Å². The number of piperidine rings is 1. The number of rotatable bonds is 2. The van der Waals surface area contributed by atoms with Crippen molar-refractivity contribution in [3.8, 4) is 0 Å². The van der Waals surface area contributed by atoms with Gasteiger partial charge in [0.2, 0.25) is 0 Å². The first-order valence-electron chi connectivity index (χ1n) is 5.92. The molecule has 3 rings (SSSR count). The van der Waals surface area contributed by atoms with Crippen LogP contribution in [0.2, 0.25) is 0 Å². The summed E-state index contributed by atoms with van der Waals surface area (Å²) in [6.45, 7) is 1.27. The normalized spacial score (nSPS) is 28.5. The van der Waals surface area contributed by atoms with Crippen molar-refractivity contribution < 1.29 is 0 Å². The molecule has 2 bridgehead atoms. The molecule has 1 aliphatic heterocycles. The summed E-state index contributed by atoms with van der Waals surface area (Å²) >= 11 is 0. The molecule has 80 valence electrons. The Hall–Kier alpha value is -1.18. The molecule has 0 spiro atoms. The first-order chi connectivity index (χ1) is 7.38. The summed E-state index contributed by atoms with van der Waals surface area (Å²) < 4.78 is 0. The SMILES string of the molecule is CNc1ccccc1N1CC2CCC1C2. The third-order valence-electron chi connectivity index (χ3n) is 3.89. The van der Waals surface area contributed by atoms with Crippen LogP contribution in [0.25, 0.3) is 0 Å². The highest BCUT2D eigenvalue weighted by molar-refractivity contribution is 5.70. The summed E-state index contributed by atoms with van der Waals surface area (Å²) in [6, 6.07) is 9.46. The summed E-state index contributed by atoms with van der Waals surface area (Å²) in [5, 5.41) is 3.29. The van der Waals surface area contributed by atoms with Crippen molar-refractivity contribution in [2.45, 2.75) is 25.3 Å². The average molecular weight is 202 g/mol. The lowest BCUT2D eigenvalue weighted by molar-refractivity contribution is 0.554. The molecule has 2 aliphatic rings. The van der Waals surface area contributed by atoms with Crippen molar-refractivity contribution in [3.63, 3.8) is 0 Å². The summed E-state index contributed by atoms with van der Waals surface area (Å²) in [5.41, 5.74) is 2.66. The maximum Gasteiger partial charge on any atom is 0.0604 e. The zero-order valence-electron chi connectivity index (χ0n) is 9.24. The highest BCUT2D eigenvalue weighted by atomic mass is 15.2. The molecule has 2 unspecified atom stereocenters. The van der Waals surface area contributed by atoms with E-state index in [1.54, 1.807) is 0 Å². The molecule has 1 heterocycles. The Morgan fingerprint density at radius 1 is 1.27 bits per heavy atom. The van der Waals surface area contributed by atoms with Crippen LogP contribution in [0, 0.1) is 5.92 Å². The van der Waals surface area contributed by atoms with Crippen LogP contribution in [0.4, 0.5) is 11.4 Å². The third-order valence-corrected chi connectivity index (χ3v) is 3.89. The monoisotopic (exact) mass is 202 g/mol.